The highest BCUT2D eigenvalue weighted by Crippen LogP contribution is 2.46. The lowest BCUT2D eigenvalue weighted by Gasteiger charge is -2.40. The molecule has 1 aromatic carbocycles. The Morgan fingerprint density at radius 3 is 2.19 bits per heavy atom. The molecule has 1 aliphatic carbocycles. The lowest BCUT2D eigenvalue weighted by atomic mass is 9.71. The summed E-state index contributed by atoms with van der Waals surface area (Å²) in [7, 11) is 0. The molecule has 2 heterocycles. The van der Waals surface area contributed by atoms with E-state index in [0.717, 1.165) is 11.8 Å². The van der Waals surface area contributed by atoms with Crippen LogP contribution in [0.25, 0.3) is 0 Å². The maximum Gasteiger partial charge on any atom is 0.0404 e. The molecule has 174 valence electrons. The van der Waals surface area contributed by atoms with E-state index in [-0.39, 0.29) is 0 Å². The van der Waals surface area contributed by atoms with Crippen molar-refractivity contribution in [3.8, 4) is 0 Å². The molecule has 0 radical (unpaired) electrons. The molecule has 0 spiro atoms. The predicted molar refractivity (Wildman–Crippen MR) is 136 cm³/mol. The fraction of sp³-hybridized carbons (Fsp3) is 0.786. The third-order valence-electron chi connectivity index (χ3n) is 8.48. The summed E-state index contributed by atoms with van der Waals surface area (Å²) >= 11 is 0. The Balaban J connectivity index is 1.53. The van der Waals surface area contributed by atoms with Gasteiger partial charge in [0.2, 0.25) is 0 Å². The van der Waals surface area contributed by atoms with Gasteiger partial charge in [-0.25, -0.2) is 0 Å². The van der Waals surface area contributed by atoms with Crippen LogP contribution in [-0.2, 0) is 0 Å². The molecule has 3 heteroatoms. The van der Waals surface area contributed by atoms with E-state index in [1.807, 2.05) is 0 Å². The summed E-state index contributed by atoms with van der Waals surface area (Å²) in [6, 6.07) is 7.53. The Hall–Kier alpha value is -1.22. The van der Waals surface area contributed by atoms with Crippen LogP contribution in [0.3, 0.4) is 0 Å². The molecule has 0 bridgehead atoms. The van der Waals surface area contributed by atoms with Crippen LogP contribution in [0.1, 0.15) is 90.5 Å². The quantitative estimate of drug-likeness (QED) is 0.513. The van der Waals surface area contributed by atoms with Crippen LogP contribution in [0.15, 0.2) is 18.2 Å². The number of unbranched alkanes of at least 4 members (excludes halogenated alkanes) is 1. The molecule has 3 fully saturated rings. The molecule has 31 heavy (non-hydrogen) atoms. The molecule has 1 aromatic rings. The number of anilines is 2. The first-order chi connectivity index (χ1) is 14.9. The Morgan fingerprint density at radius 1 is 0.871 bits per heavy atom. The van der Waals surface area contributed by atoms with Crippen molar-refractivity contribution in [2.75, 3.05) is 55.6 Å². The number of hydrogen-bond acceptors (Lipinski definition) is 3. The summed E-state index contributed by atoms with van der Waals surface area (Å²) in [5.41, 5.74) is 5.22. The zero-order valence-electron chi connectivity index (χ0n) is 20.8. The second kappa shape index (κ2) is 10.1. The maximum absolute atomic E-state index is 2.71. The van der Waals surface area contributed by atoms with Gasteiger partial charge in [0, 0.05) is 50.6 Å². The van der Waals surface area contributed by atoms with E-state index >= 15 is 0 Å². The van der Waals surface area contributed by atoms with Gasteiger partial charge in [-0.2, -0.15) is 0 Å². The molecule has 3 aliphatic rings. The van der Waals surface area contributed by atoms with E-state index in [9.17, 15) is 0 Å². The highest BCUT2D eigenvalue weighted by atomic mass is 15.3. The van der Waals surface area contributed by atoms with E-state index in [1.165, 1.54) is 103 Å². The maximum atomic E-state index is 2.71. The topological polar surface area (TPSA) is 9.72 Å². The largest absolute Gasteiger partial charge is 0.372 e. The van der Waals surface area contributed by atoms with Gasteiger partial charge in [-0.05, 0) is 92.5 Å². The molecule has 0 atom stereocenters. The molecule has 0 N–H and O–H groups in total. The van der Waals surface area contributed by atoms with Crippen molar-refractivity contribution in [2.24, 2.45) is 11.3 Å². The molecule has 0 amide bonds. The zero-order chi connectivity index (χ0) is 21.8. The molecule has 3 nitrogen and oxygen atoms in total. The minimum Gasteiger partial charge on any atom is -0.372 e. The third-order valence-corrected chi connectivity index (χ3v) is 8.48. The van der Waals surface area contributed by atoms with Gasteiger partial charge in [0.25, 0.3) is 0 Å². The minimum atomic E-state index is 0.530. The van der Waals surface area contributed by atoms with E-state index in [1.54, 1.807) is 11.3 Å². The van der Waals surface area contributed by atoms with Crippen LogP contribution in [-0.4, -0.2) is 50.7 Å². The third kappa shape index (κ3) is 5.78. The summed E-state index contributed by atoms with van der Waals surface area (Å²) < 4.78 is 0. The van der Waals surface area contributed by atoms with Crippen LogP contribution >= 0.6 is 0 Å². The number of piperidine rings is 1. The first-order valence-corrected chi connectivity index (χ1v) is 13.3. The summed E-state index contributed by atoms with van der Waals surface area (Å²) in [5, 5.41) is 0. The minimum absolute atomic E-state index is 0.530. The van der Waals surface area contributed by atoms with Crippen molar-refractivity contribution in [3.05, 3.63) is 23.8 Å². The predicted octanol–water partition coefficient (Wildman–Crippen LogP) is 6.53. The van der Waals surface area contributed by atoms with Crippen LogP contribution < -0.4 is 9.80 Å². The van der Waals surface area contributed by atoms with Crippen molar-refractivity contribution in [1.29, 1.82) is 0 Å². The van der Waals surface area contributed by atoms with Crippen LogP contribution in [0, 0.1) is 11.3 Å². The van der Waals surface area contributed by atoms with Crippen molar-refractivity contribution >= 4 is 11.4 Å². The van der Waals surface area contributed by atoms with Gasteiger partial charge in [0.1, 0.15) is 0 Å². The number of hydrogen-bond donors (Lipinski definition) is 0. The molecule has 1 saturated carbocycles. The number of benzene rings is 1. The first-order valence-electron chi connectivity index (χ1n) is 13.3. The zero-order valence-corrected chi connectivity index (χ0v) is 20.8. The molecule has 2 saturated heterocycles. The smallest absolute Gasteiger partial charge is 0.0404 e. The Labute approximate surface area is 192 Å². The Bertz CT molecular complexity index is 686. The van der Waals surface area contributed by atoms with Gasteiger partial charge in [0.15, 0.2) is 0 Å². The van der Waals surface area contributed by atoms with Gasteiger partial charge < -0.3 is 9.80 Å². The SMILES string of the molecule is CCCCN1CCN(c2ccc(N3CCC(C)CC3)cc2C2CCC(C)(C)CC2)CC1. The molecule has 0 unspecified atom stereocenters. The summed E-state index contributed by atoms with van der Waals surface area (Å²) in [5.74, 6) is 1.63. The van der Waals surface area contributed by atoms with Gasteiger partial charge in [-0.3, -0.25) is 4.90 Å². The van der Waals surface area contributed by atoms with Crippen LogP contribution in [0.5, 0.6) is 0 Å². The molecule has 2 aliphatic heterocycles. The molecule has 4 rings (SSSR count). The van der Waals surface area contributed by atoms with E-state index in [2.05, 4.69) is 60.6 Å². The Kier molecular flexibility index (Phi) is 7.52. The van der Waals surface area contributed by atoms with E-state index in [0.29, 0.717) is 5.41 Å². The van der Waals surface area contributed by atoms with E-state index < -0.39 is 0 Å². The number of rotatable bonds is 6. The molecule has 0 aromatic heterocycles. The average molecular weight is 426 g/mol. The van der Waals surface area contributed by atoms with Crippen molar-refractivity contribution in [2.45, 2.75) is 85.0 Å². The number of piperazine rings is 1. The molecular weight excluding hydrogens is 378 g/mol. The van der Waals surface area contributed by atoms with Gasteiger partial charge in [-0.15, -0.1) is 0 Å². The average Bonchev–Trinajstić information content (AvgIpc) is 2.78. The normalized spacial score (nSPS) is 24.0. The summed E-state index contributed by atoms with van der Waals surface area (Å²) in [6.45, 7) is 18.2. The lowest BCUT2D eigenvalue weighted by Crippen LogP contribution is -2.47. The van der Waals surface area contributed by atoms with Crippen LogP contribution in [0.4, 0.5) is 11.4 Å². The monoisotopic (exact) mass is 425 g/mol. The first kappa shape index (κ1) is 23.0. The highest BCUT2D eigenvalue weighted by Gasteiger charge is 2.31. The second-order valence-corrected chi connectivity index (χ2v) is 11.5. The van der Waals surface area contributed by atoms with Gasteiger partial charge >= 0.3 is 0 Å². The highest BCUT2D eigenvalue weighted by molar-refractivity contribution is 5.63. The fourth-order valence-electron chi connectivity index (χ4n) is 5.92. The second-order valence-electron chi connectivity index (χ2n) is 11.5. The van der Waals surface area contributed by atoms with Crippen molar-refractivity contribution in [3.63, 3.8) is 0 Å². The number of nitrogens with zero attached hydrogens (tertiary/aromatic N) is 3. The Morgan fingerprint density at radius 2 is 1.55 bits per heavy atom. The summed E-state index contributed by atoms with van der Waals surface area (Å²) in [4.78, 5) is 8.04. The standard InChI is InChI=1S/C28H47N3/c1-5-6-15-29-18-20-31(21-19-29)27-8-7-25(30-16-11-23(2)12-17-30)22-26(27)24-9-13-28(3,4)14-10-24/h7-8,22-24H,5-6,9-21H2,1-4H3. The van der Waals surface area contributed by atoms with Crippen molar-refractivity contribution < 1.29 is 0 Å². The van der Waals surface area contributed by atoms with Gasteiger partial charge in [0.05, 0.1) is 0 Å². The van der Waals surface area contributed by atoms with Gasteiger partial charge in [-0.1, -0.05) is 34.1 Å². The lowest BCUT2D eigenvalue weighted by molar-refractivity contribution is 0.224. The summed E-state index contributed by atoms with van der Waals surface area (Å²) in [6.07, 6.45) is 10.8. The molecular formula is C28H47N3. The fourth-order valence-corrected chi connectivity index (χ4v) is 5.92. The van der Waals surface area contributed by atoms with Crippen molar-refractivity contribution in [1.82, 2.24) is 4.90 Å². The van der Waals surface area contributed by atoms with Crippen LogP contribution in [0.2, 0.25) is 0 Å². The van der Waals surface area contributed by atoms with E-state index in [4.69, 9.17) is 0 Å².